The van der Waals surface area contributed by atoms with Crippen LogP contribution < -0.4 is 10.9 Å². The molecule has 0 aliphatic carbocycles. The second-order valence-corrected chi connectivity index (χ2v) is 5.22. The van der Waals surface area contributed by atoms with Crippen molar-refractivity contribution in [3.63, 3.8) is 0 Å². The van der Waals surface area contributed by atoms with Crippen molar-refractivity contribution in [1.82, 2.24) is 15.3 Å². The van der Waals surface area contributed by atoms with Gasteiger partial charge in [-0.15, -0.1) is 0 Å². The van der Waals surface area contributed by atoms with Crippen LogP contribution in [0.1, 0.15) is 24.0 Å². The highest BCUT2D eigenvalue weighted by molar-refractivity contribution is 6.35. The summed E-state index contributed by atoms with van der Waals surface area (Å²) < 4.78 is 0. The largest absolute Gasteiger partial charge is 0.311 e. The lowest BCUT2D eigenvalue weighted by molar-refractivity contribution is 0.700. The number of H-pyrrole nitrogens is 1. The number of nitrogens with zero attached hydrogens (tertiary/aromatic N) is 1. The van der Waals surface area contributed by atoms with Crippen molar-refractivity contribution in [1.29, 1.82) is 0 Å². The highest BCUT2D eigenvalue weighted by atomic mass is 35.5. The summed E-state index contributed by atoms with van der Waals surface area (Å²) in [5, 5.41) is 4.29. The first-order valence-corrected chi connectivity index (χ1v) is 7.08. The van der Waals surface area contributed by atoms with Gasteiger partial charge in [0, 0.05) is 29.1 Å². The zero-order chi connectivity index (χ0) is 14.5. The Bertz CT molecular complexity index is 655. The van der Waals surface area contributed by atoms with Gasteiger partial charge >= 0.3 is 0 Å². The molecule has 1 aromatic carbocycles. The van der Waals surface area contributed by atoms with E-state index < -0.39 is 0 Å². The van der Waals surface area contributed by atoms with Gasteiger partial charge in [-0.3, -0.25) is 4.79 Å². The van der Waals surface area contributed by atoms with Crippen LogP contribution in [-0.2, 0) is 13.0 Å². The highest BCUT2D eigenvalue weighted by Gasteiger charge is 2.06. The molecule has 20 heavy (non-hydrogen) atoms. The molecule has 1 aromatic heterocycles. The maximum Gasteiger partial charge on any atom is 0.251 e. The molecule has 1 heterocycles. The topological polar surface area (TPSA) is 57.8 Å². The number of aromatic amines is 1. The Balaban J connectivity index is 2.24. The highest BCUT2D eigenvalue weighted by Crippen LogP contribution is 2.22. The summed E-state index contributed by atoms with van der Waals surface area (Å²) in [5.74, 6) is 0.592. The average Bonchev–Trinajstić information content (AvgIpc) is 2.39. The van der Waals surface area contributed by atoms with Gasteiger partial charge in [0.15, 0.2) is 0 Å². The SMILES string of the molecule is CCNCc1cc(=O)[nH]c(Cc2ccc(Cl)cc2Cl)n1. The first-order chi connectivity index (χ1) is 9.58. The molecule has 2 aromatic rings. The fourth-order valence-electron chi connectivity index (χ4n) is 1.84. The molecule has 6 heteroatoms. The van der Waals surface area contributed by atoms with E-state index in [1.54, 1.807) is 12.1 Å². The quantitative estimate of drug-likeness (QED) is 0.892. The van der Waals surface area contributed by atoms with Gasteiger partial charge in [-0.05, 0) is 24.2 Å². The maximum atomic E-state index is 11.6. The predicted molar refractivity (Wildman–Crippen MR) is 81.5 cm³/mol. The van der Waals surface area contributed by atoms with Crippen molar-refractivity contribution < 1.29 is 0 Å². The summed E-state index contributed by atoms with van der Waals surface area (Å²) >= 11 is 12.0. The van der Waals surface area contributed by atoms with Crippen molar-refractivity contribution >= 4 is 23.2 Å². The molecule has 0 unspecified atom stereocenters. The van der Waals surface area contributed by atoms with Crippen LogP contribution in [0.3, 0.4) is 0 Å². The van der Waals surface area contributed by atoms with Crippen molar-refractivity contribution in [3.05, 3.63) is 61.7 Å². The average molecular weight is 312 g/mol. The van der Waals surface area contributed by atoms with Crippen LogP contribution in [0.25, 0.3) is 0 Å². The number of hydrogen-bond acceptors (Lipinski definition) is 3. The Morgan fingerprint density at radius 3 is 2.80 bits per heavy atom. The molecule has 106 valence electrons. The lowest BCUT2D eigenvalue weighted by Crippen LogP contribution is -2.18. The van der Waals surface area contributed by atoms with E-state index in [4.69, 9.17) is 23.2 Å². The fraction of sp³-hybridized carbons (Fsp3) is 0.286. The summed E-state index contributed by atoms with van der Waals surface area (Å²) in [6.45, 7) is 3.40. The van der Waals surface area contributed by atoms with Gasteiger partial charge in [0.25, 0.3) is 5.56 Å². The minimum absolute atomic E-state index is 0.159. The fourth-order valence-corrected chi connectivity index (χ4v) is 2.31. The molecule has 4 nitrogen and oxygen atoms in total. The van der Waals surface area contributed by atoms with Crippen LogP contribution in [0, 0.1) is 0 Å². The molecule has 2 rings (SSSR count). The van der Waals surface area contributed by atoms with Gasteiger partial charge in [0.1, 0.15) is 5.82 Å². The van der Waals surface area contributed by atoms with E-state index in [9.17, 15) is 4.79 Å². The summed E-state index contributed by atoms with van der Waals surface area (Å²) in [5.41, 5.74) is 1.43. The van der Waals surface area contributed by atoms with Crippen LogP contribution in [0.15, 0.2) is 29.1 Å². The number of aromatic nitrogens is 2. The predicted octanol–water partition coefficient (Wildman–Crippen LogP) is 2.78. The maximum absolute atomic E-state index is 11.6. The van der Waals surface area contributed by atoms with E-state index in [-0.39, 0.29) is 5.56 Å². The number of halogens is 2. The molecule has 0 atom stereocenters. The first-order valence-electron chi connectivity index (χ1n) is 6.32. The number of nitrogens with one attached hydrogen (secondary N) is 2. The molecule has 0 spiro atoms. The van der Waals surface area contributed by atoms with Crippen molar-refractivity contribution in [2.24, 2.45) is 0 Å². The second kappa shape index (κ2) is 6.88. The van der Waals surface area contributed by atoms with E-state index in [0.717, 1.165) is 17.8 Å². The van der Waals surface area contributed by atoms with Crippen LogP contribution in [0.5, 0.6) is 0 Å². The minimum atomic E-state index is -0.159. The van der Waals surface area contributed by atoms with Crippen LogP contribution >= 0.6 is 23.2 Å². The smallest absolute Gasteiger partial charge is 0.251 e. The third-order valence-electron chi connectivity index (χ3n) is 2.77. The Morgan fingerprint density at radius 2 is 2.10 bits per heavy atom. The van der Waals surface area contributed by atoms with E-state index in [2.05, 4.69) is 15.3 Å². The summed E-state index contributed by atoms with van der Waals surface area (Å²) in [6, 6.07) is 6.78. The van der Waals surface area contributed by atoms with Crippen LogP contribution in [0.4, 0.5) is 0 Å². The number of hydrogen-bond donors (Lipinski definition) is 2. The Kier molecular flexibility index (Phi) is 5.17. The number of rotatable bonds is 5. The molecule has 0 aliphatic heterocycles. The molecule has 0 saturated heterocycles. The summed E-state index contributed by atoms with van der Waals surface area (Å²) in [4.78, 5) is 18.8. The molecular formula is C14H15Cl2N3O. The molecule has 0 aliphatic rings. The molecule has 0 radical (unpaired) electrons. The summed E-state index contributed by atoms with van der Waals surface area (Å²) in [7, 11) is 0. The van der Waals surface area contributed by atoms with Crippen LogP contribution in [-0.4, -0.2) is 16.5 Å². The molecular weight excluding hydrogens is 297 g/mol. The van der Waals surface area contributed by atoms with Gasteiger partial charge in [-0.2, -0.15) is 0 Å². The molecule has 0 amide bonds. The third-order valence-corrected chi connectivity index (χ3v) is 3.36. The van der Waals surface area contributed by atoms with Gasteiger partial charge in [-0.25, -0.2) is 4.98 Å². The van der Waals surface area contributed by atoms with E-state index in [1.807, 2.05) is 13.0 Å². The van der Waals surface area contributed by atoms with Crippen molar-refractivity contribution in [2.45, 2.75) is 19.9 Å². The Hall–Kier alpha value is -1.36. The lowest BCUT2D eigenvalue weighted by Gasteiger charge is -2.07. The molecule has 0 saturated carbocycles. The Labute approximate surface area is 127 Å². The normalized spacial score (nSPS) is 10.8. The van der Waals surface area contributed by atoms with Gasteiger partial charge in [0.2, 0.25) is 0 Å². The van der Waals surface area contributed by atoms with E-state index in [1.165, 1.54) is 6.07 Å². The third kappa shape index (κ3) is 4.07. The van der Waals surface area contributed by atoms with E-state index >= 15 is 0 Å². The molecule has 0 bridgehead atoms. The lowest BCUT2D eigenvalue weighted by atomic mass is 10.1. The van der Waals surface area contributed by atoms with Gasteiger partial charge in [-0.1, -0.05) is 36.2 Å². The first kappa shape index (κ1) is 15.0. The van der Waals surface area contributed by atoms with Crippen LogP contribution in [0.2, 0.25) is 10.0 Å². The zero-order valence-electron chi connectivity index (χ0n) is 11.0. The second-order valence-electron chi connectivity index (χ2n) is 4.38. The zero-order valence-corrected chi connectivity index (χ0v) is 12.6. The standard InChI is InChI=1S/C14H15Cl2N3O/c1-2-17-8-11-7-14(20)19-13(18-11)5-9-3-4-10(15)6-12(9)16/h3-4,6-7,17H,2,5,8H2,1H3,(H,18,19,20). The molecule has 2 N–H and O–H groups in total. The monoisotopic (exact) mass is 311 g/mol. The minimum Gasteiger partial charge on any atom is -0.311 e. The van der Waals surface area contributed by atoms with Crippen molar-refractivity contribution in [2.75, 3.05) is 6.54 Å². The van der Waals surface area contributed by atoms with E-state index in [0.29, 0.717) is 28.8 Å². The molecule has 0 fully saturated rings. The Morgan fingerprint density at radius 1 is 1.30 bits per heavy atom. The van der Waals surface area contributed by atoms with Crippen molar-refractivity contribution in [3.8, 4) is 0 Å². The van der Waals surface area contributed by atoms with Gasteiger partial charge < -0.3 is 10.3 Å². The van der Waals surface area contributed by atoms with Gasteiger partial charge in [0.05, 0.1) is 5.69 Å². The number of benzene rings is 1. The summed E-state index contributed by atoms with van der Waals surface area (Å²) in [6.07, 6.45) is 0.463.